The number of piperazine rings is 1. The third-order valence-electron chi connectivity index (χ3n) is 3.89. The zero-order chi connectivity index (χ0) is 15.2. The third-order valence-corrected chi connectivity index (χ3v) is 4.24. The lowest BCUT2D eigenvalue weighted by Crippen LogP contribution is -2.47. The van der Waals surface area contributed by atoms with Gasteiger partial charge in [0.25, 0.3) is 0 Å². The van der Waals surface area contributed by atoms with Gasteiger partial charge in [0.1, 0.15) is 0 Å². The number of anilines is 1. The fourth-order valence-corrected chi connectivity index (χ4v) is 2.80. The predicted molar refractivity (Wildman–Crippen MR) is 89.2 cm³/mol. The van der Waals surface area contributed by atoms with Crippen molar-refractivity contribution in [3.8, 4) is 0 Å². The van der Waals surface area contributed by atoms with Crippen LogP contribution in [0.2, 0.25) is 5.02 Å². The van der Waals surface area contributed by atoms with E-state index in [0.29, 0.717) is 6.04 Å². The van der Waals surface area contributed by atoms with Crippen LogP contribution >= 0.6 is 11.6 Å². The van der Waals surface area contributed by atoms with Crippen LogP contribution in [-0.4, -0.2) is 55.4 Å². The maximum atomic E-state index is 8.98. The summed E-state index contributed by atoms with van der Waals surface area (Å²) in [5, 5.41) is 13.2. The monoisotopic (exact) mass is 311 g/mol. The lowest BCUT2D eigenvalue weighted by molar-refractivity contribution is 0.189. The highest BCUT2D eigenvalue weighted by atomic mass is 35.5. The molecule has 0 spiro atoms. The standard InChI is InChI=1S/C16H26ClN3O/c1-13(2)18-12-14-3-4-15(11-16(14)17)20-7-5-19(6-8-20)9-10-21/h3-4,11,13,18,21H,5-10,12H2,1-2H3. The first kappa shape index (κ1) is 16.6. The van der Waals surface area contributed by atoms with Gasteiger partial charge < -0.3 is 15.3 Å². The maximum absolute atomic E-state index is 8.98. The van der Waals surface area contributed by atoms with E-state index in [9.17, 15) is 0 Å². The molecule has 2 N–H and O–H groups in total. The molecule has 1 saturated heterocycles. The molecule has 5 heteroatoms. The van der Waals surface area contributed by atoms with E-state index in [1.54, 1.807) is 0 Å². The second kappa shape index (κ2) is 7.99. The van der Waals surface area contributed by atoms with Gasteiger partial charge in [-0.2, -0.15) is 0 Å². The van der Waals surface area contributed by atoms with Crippen LogP contribution in [0.3, 0.4) is 0 Å². The molecule has 4 nitrogen and oxygen atoms in total. The molecule has 0 unspecified atom stereocenters. The minimum absolute atomic E-state index is 0.239. The zero-order valence-corrected chi connectivity index (χ0v) is 13.7. The maximum Gasteiger partial charge on any atom is 0.0558 e. The first-order valence-electron chi connectivity index (χ1n) is 7.70. The van der Waals surface area contributed by atoms with E-state index in [4.69, 9.17) is 16.7 Å². The third kappa shape index (κ3) is 4.85. The summed E-state index contributed by atoms with van der Waals surface area (Å²) >= 11 is 6.40. The fourth-order valence-electron chi connectivity index (χ4n) is 2.56. The minimum atomic E-state index is 0.239. The Balaban J connectivity index is 1.94. The van der Waals surface area contributed by atoms with Gasteiger partial charge in [-0.15, -0.1) is 0 Å². The Labute approximate surface area is 132 Å². The fraction of sp³-hybridized carbons (Fsp3) is 0.625. The highest BCUT2D eigenvalue weighted by Gasteiger charge is 2.17. The lowest BCUT2D eigenvalue weighted by Gasteiger charge is -2.36. The van der Waals surface area contributed by atoms with E-state index in [1.807, 2.05) is 0 Å². The predicted octanol–water partition coefficient (Wildman–Crippen LogP) is 1.95. The van der Waals surface area contributed by atoms with Crippen LogP contribution in [0, 0.1) is 0 Å². The van der Waals surface area contributed by atoms with Crippen molar-refractivity contribution >= 4 is 17.3 Å². The number of aliphatic hydroxyl groups excluding tert-OH is 1. The van der Waals surface area contributed by atoms with Gasteiger partial charge in [-0.25, -0.2) is 0 Å². The van der Waals surface area contributed by atoms with Crippen LogP contribution in [0.4, 0.5) is 5.69 Å². The Kier molecular flexibility index (Phi) is 6.30. The van der Waals surface area contributed by atoms with E-state index in [-0.39, 0.29) is 6.61 Å². The summed E-state index contributed by atoms with van der Waals surface area (Å²) in [4.78, 5) is 4.65. The Morgan fingerprint density at radius 3 is 2.52 bits per heavy atom. The zero-order valence-electron chi connectivity index (χ0n) is 13.0. The SMILES string of the molecule is CC(C)NCc1ccc(N2CCN(CCO)CC2)cc1Cl. The molecule has 21 heavy (non-hydrogen) atoms. The Hall–Kier alpha value is -0.810. The molecular weight excluding hydrogens is 286 g/mol. The van der Waals surface area contributed by atoms with E-state index < -0.39 is 0 Å². The Morgan fingerprint density at radius 1 is 1.24 bits per heavy atom. The van der Waals surface area contributed by atoms with E-state index in [1.165, 1.54) is 5.69 Å². The topological polar surface area (TPSA) is 38.7 Å². The number of hydrogen-bond donors (Lipinski definition) is 2. The van der Waals surface area contributed by atoms with Crippen LogP contribution in [0.5, 0.6) is 0 Å². The van der Waals surface area contributed by atoms with E-state index in [0.717, 1.165) is 49.9 Å². The van der Waals surface area contributed by atoms with Gasteiger partial charge in [0.2, 0.25) is 0 Å². The van der Waals surface area contributed by atoms with Crippen molar-refractivity contribution in [1.82, 2.24) is 10.2 Å². The number of nitrogens with one attached hydrogen (secondary N) is 1. The Morgan fingerprint density at radius 2 is 1.95 bits per heavy atom. The normalized spacial score (nSPS) is 16.7. The van der Waals surface area contributed by atoms with Crippen molar-refractivity contribution in [2.24, 2.45) is 0 Å². The molecule has 0 aromatic heterocycles. The number of halogens is 1. The number of rotatable bonds is 6. The van der Waals surface area contributed by atoms with Crippen molar-refractivity contribution in [1.29, 1.82) is 0 Å². The first-order chi connectivity index (χ1) is 10.1. The molecule has 0 bridgehead atoms. The molecule has 0 aliphatic carbocycles. The van der Waals surface area contributed by atoms with Crippen LogP contribution in [0.1, 0.15) is 19.4 Å². The molecule has 1 heterocycles. The smallest absolute Gasteiger partial charge is 0.0558 e. The van der Waals surface area contributed by atoms with Crippen molar-refractivity contribution in [2.75, 3.05) is 44.2 Å². The van der Waals surface area contributed by atoms with Gasteiger partial charge in [0.05, 0.1) is 6.61 Å². The van der Waals surface area contributed by atoms with Crippen LogP contribution in [-0.2, 0) is 6.54 Å². The largest absolute Gasteiger partial charge is 0.395 e. The van der Waals surface area contributed by atoms with E-state index in [2.05, 4.69) is 47.2 Å². The number of benzene rings is 1. The summed E-state index contributed by atoms with van der Waals surface area (Å²) in [7, 11) is 0. The van der Waals surface area contributed by atoms with Gasteiger partial charge in [-0.05, 0) is 17.7 Å². The molecule has 0 amide bonds. The van der Waals surface area contributed by atoms with Gasteiger partial charge >= 0.3 is 0 Å². The molecular formula is C16H26ClN3O. The van der Waals surface area contributed by atoms with Crippen molar-refractivity contribution < 1.29 is 5.11 Å². The van der Waals surface area contributed by atoms with Crippen molar-refractivity contribution in [3.05, 3.63) is 28.8 Å². The average molecular weight is 312 g/mol. The van der Waals surface area contributed by atoms with Crippen LogP contribution in [0.25, 0.3) is 0 Å². The molecule has 0 atom stereocenters. The second-order valence-corrected chi connectivity index (χ2v) is 6.27. The molecule has 2 rings (SSSR count). The first-order valence-corrected chi connectivity index (χ1v) is 8.08. The number of hydrogen-bond acceptors (Lipinski definition) is 4. The highest BCUT2D eigenvalue weighted by molar-refractivity contribution is 6.31. The lowest BCUT2D eigenvalue weighted by atomic mass is 10.1. The number of nitrogens with zero attached hydrogens (tertiary/aromatic N) is 2. The summed E-state index contributed by atoms with van der Waals surface area (Å²) in [5.74, 6) is 0. The molecule has 0 radical (unpaired) electrons. The van der Waals surface area contributed by atoms with Gasteiger partial charge in [-0.1, -0.05) is 31.5 Å². The molecule has 1 aliphatic rings. The number of aliphatic hydroxyl groups is 1. The van der Waals surface area contributed by atoms with Crippen molar-refractivity contribution in [3.63, 3.8) is 0 Å². The minimum Gasteiger partial charge on any atom is -0.395 e. The molecule has 0 saturated carbocycles. The molecule has 1 aromatic carbocycles. The molecule has 1 aromatic rings. The van der Waals surface area contributed by atoms with Gasteiger partial charge in [-0.3, -0.25) is 4.90 Å². The van der Waals surface area contributed by atoms with Gasteiger partial charge in [0.15, 0.2) is 0 Å². The molecule has 1 aliphatic heterocycles. The second-order valence-electron chi connectivity index (χ2n) is 5.86. The van der Waals surface area contributed by atoms with Crippen molar-refractivity contribution in [2.45, 2.75) is 26.4 Å². The average Bonchev–Trinajstić information content (AvgIpc) is 2.47. The summed E-state index contributed by atoms with van der Waals surface area (Å²) in [6, 6.07) is 6.80. The molecule has 1 fully saturated rings. The number of β-amino-alcohol motifs (C(OH)–C–C–N with tert-alkyl or cyclic N) is 1. The molecule has 118 valence electrons. The van der Waals surface area contributed by atoms with E-state index >= 15 is 0 Å². The van der Waals surface area contributed by atoms with Crippen LogP contribution < -0.4 is 10.2 Å². The summed E-state index contributed by atoms with van der Waals surface area (Å²) < 4.78 is 0. The van der Waals surface area contributed by atoms with Crippen LogP contribution in [0.15, 0.2) is 18.2 Å². The summed E-state index contributed by atoms with van der Waals surface area (Å²) in [5.41, 5.74) is 2.34. The Bertz CT molecular complexity index is 445. The quantitative estimate of drug-likeness (QED) is 0.842. The summed E-state index contributed by atoms with van der Waals surface area (Å²) in [6.07, 6.45) is 0. The summed E-state index contributed by atoms with van der Waals surface area (Å²) in [6.45, 7) is 10.0. The highest BCUT2D eigenvalue weighted by Crippen LogP contribution is 2.24. The van der Waals surface area contributed by atoms with Gasteiger partial charge in [0, 0.05) is 56.0 Å².